The fourth-order valence-electron chi connectivity index (χ4n) is 2.69. The highest BCUT2D eigenvalue weighted by Gasteiger charge is 2.45. The maximum absolute atomic E-state index is 12.8. The summed E-state index contributed by atoms with van der Waals surface area (Å²) in [6, 6.07) is 7.20. The van der Waals surface area contributed by atoms with Gasteiger partial charge in [-0.1, -0.05) is 23.7 Å². The average Bonchev–Trinajstić information content (AvgIpc) is 2.82. The number of hydrogen-bond acceptors (Lipinski definition) is 2. The summed E-state index contributed by atoms with van der Waals surface area (Å²) in [7, 11) is 0. The van der Waals surface area contributed by atoms with E-state index in [0.717, 1.165) is 5.56 Å². The Bertz CT molecular complexity index is 567. The molecule has 0 aromatic heterocycles. The summed E-state index contributed by atoms with van der Waals surface area (Å²) < 4.78 is 0. The third-order valence-corrected chi connectivity index (χ3v) is 4.63. The summed E-state index contributed by atoms with van der Waals surface area (Å²) in [4.78, 5) is 25.7. The fraction of sp³-hybridized carbons (Fsp3) is 0.500. The van der Waals surface area contributed by atoms with Crippen LogP contribution < -0.4 is 0 Å². The summed E-state index contributed by atoms with van der Waals surface area (Å²) in [5, 5.41) is 9.90. The van der Waals surface area contributed by atoms with Gasteiger partial charge in [-0.25, -0.2) is 0 Å². The maximum Gasteiger partial charge on any atom is 0.311 e. The molecule has 1 atom stereocenters. The van der Waals surface area contributed by atoms with Crippen LogP contribution in [-0.4, -0.2) is 35.0 Å². The first kappa shape index (κ1) is 15.8. The lowest BCUT2D eigenvalue weighted by Crippen LogP contribution is -2.44. The standard InChI is InChI=1S/C16H20ClNO3/c1-15(2,11-4-6-12(17)7-5-11)13(19)18-9-8-16(3,10-18)14(20)21/h4-7H,8-10H2,1-3H3,(H,20,21). The minimum atomic E-state index is -0.845. The number of nitrogens with zero attached hydrogens (tertiary/aromatic N) is 1. The molecule has 1 aliphatic heterocycles. The van der Waals surface area contributed by atoms with Crippen molar-refractivity contribution in [3.8, 4) is 0 Å². The van der Waals surface area contributed by atoms with Gasteiger partial charge in [0.1, 0.15) is 0 Å². The first-order chi connectivity index (χ1) is 9.67. The number of carboxylic acid groups (broad SMARTS) is 1. The van der Waals surface area contributed by atoms with Crippen LogP contribution in [0, 0.1) is 5.41 Å². The lowest BCUT2D eigenvalue weighted by atomic mass is 9.83. The van der Waals surface area contributed by atoms with Gasteiger partial charge >= 0.3 is 5.97 Å². The summed E-state index contributed by atoms with van der Waals surface area (Å²) in [5.74, 6) is -0.892. The number of carboxylic acids is 1. The highest BCUT2D eigenvalue weighted by atomic mass is 35.5. The van der Waals surface area contributed by atoms with Gasteiger partial charge in [-0.15, -0.1) is 0 Å². The van der Waals surface area contributed by atoms with Crippen molar-refractivity contribution < 1.29 is 14.7 Å². The van der Waals surface area contributed by atoms with Gasteiger partial charge < -0.3 is 10.0 Å². The first-order valence-electron chi connectivity index (χ1n) is 6.96. The van der Waals surface area contributed by atoms with Crippen molar-refractivity contribution in [2.75, 3.05) is 13.1 Å². The molecule has 1 aromatic carbocycles. The van der Waals surface area contributed by atoms with Gasteiger partial charge in [0.2, 0.25) is 5.91 Å². The smallest absolute Gasteiger partial charge is 0.311 e. The monoisotopic (exact) mass is 309 g/mol. The Hall–Kier alpha value is -1.55. The predicted octanol–water partition coefficient (Wildman–Crippen LogP) is 2.94. The second-order valence-electron chi connectivity index (χ2n) is 6.47. The van der Waals surface area contributed by atoms with E-state index in [2.05, 4.69) is 0 Å². The van der Waals surface area contributed by atoms with E-state index in [1.807, 2.05) is 26.0 Å². The van der Waals surface area contributed by atoms with Crippen LogP contribution in [0.1, 0.15) is 32.8 Å². The molecule has 1 aromatic rings. The molecule has 4 nitrogen and oxygen atoms in total. The van der Waals surface area contributed by atoms with Crippen LogP contribution in [0.2, 0.25) is 5.02 Å². The van der Waals surface area contributed by atoms with Crippen molar-refractivity contribution in [3.63, 3.8) is 0 Å². The molecule has 1 fully saturated rings. The molecule has 21 heavy (non-hydrogen) atoms. The van der Waals surface area contributed by atoms with Crippen molar-refractivity contribution in [2.45, 2.75) is 32.6 Å². The van der Waals surface area contributed by atoms with Crippen molar-refractivity contribution in [2.24, 2.45) is 5.41 Å². The Labute approximate surface area is 129 Å². The van der Waals surface area contributed by atoms with Crippen molar-refractivity contribution >= 4 is 23.5 Å². The molecule has 0 bridgehead atoms. The topological polar surface area (TPSA) is 57.6 Å². The first-order valence-corrected chi connectivity index (χ1v) is 7.33. The number of hydrogen-bond donors (Lipinski definition) is 1. The van der Waals surface area contributed by atoms with E-state index in [0.29, 0.717) is 18.0 Å². The molecule has 0 saturated carbocycles. The van der Waals surface area contributed by atoms with Crippen LogP contribution in [0.5, 0.6) is 0 Å². The second kappa shape index (κ2) is 5.34. The molecular formula is C16H20ClNO3. The number of benzene rings is 1. The summed E-state index contributed by atoms with van der Waals surface area (Å²) in [6.45, 7) is 6.15. The number of halogens is 1. The maximum atomic E-state index is 12.8. The Morgan fingerprint density at radius 2 is 1.86 bits per heavy atom. The van der Waals surface area contributed by atoms with Gasteiger partial charge in [-0.3, -0.25) is 9.59 Å². The minimum absolute atomic E-state index is 0.0465. The van der Waals surface area contributed by atoms with E-state index >= 15 is 0 Å². The van der Waals surface area contributed by atoms with E-state index in [9.17, 15) is 14.7 Å². The highest BCUT2D eigenvalue weighted by molar-refractivity contribution is 6.30. The largest absolute Gasteiger partial charge is 0.481 e. The molecule has 1 heterocycles. The lowest BCUT2D eigenvalue weighted by molar-refractivity contribution is -0.147. The summed E-state index contributed by atoms with van der Waals surface area (Å²) in [5.41, 5.74) is -0.666. The molecule has 5 heteroatoms. The average molecular weight is 310 g/mol. The van der Waals surface area contributed by atoms with Crippen molar-refractivity contribution in [3.05, 3.63) is 34.9 Å². The molecule has 2 rings (SSSR count). The quantitative estimate of drug-likeness (QED) is 0.934. The van der Waals surface area contributed by atoms with E-state index in [-0.39, 0.29) is 12.5 Å². The third kappa shape index (κ3) is 2.91. The number of carbonyl (C=O) groups excluding carboxylic acids is 1. The predicted molar refractivity (Wildman–Crippen MR) is 81.4 cm³/mol. The molecule has 0 radical (unpaired) electrons. The van der Waals surface area contributed by atoms with Crippen LogP contribution in [-0.2, 0) is 15.0 Å². The Morgan fingerprint density at radius 1 is 1.29 bits per heavy atom. The molecule has 1 amide bonds. The van der Waals surface area contributed by atoms with Gasteiger partial charge in [0, 0.05) is 18.1 Å². The van der Waals surface area contributed by atoms with Gasteiger partial charge in [0.15, 0.2) is 0 Å². The van der Waals surface area contributed by atoms with E-state index in [1.165, 1.54) is 0 Å². The number of aliphatic carboxylic acids is 1. The van der Waals surface area contributed by atoms with Gasteiger partial charge in [0.05, 0.1) is 10.8 Å². The van der Waals surface area contributed by atoms with Gasteiger partial charge in [-0.2, -0.15) is 0 Å². The van der Waals surface area contributed by atoms with Gasteiger partial charge in [0.25, 0.3) is 0 Å². The molecule has 1 saturated heterocycles. The van der Waals surface area contributed by atoms with Crippen molar-refractivity contribution in [1.29, 1.82) is 0 Å². The van der Waals surface area contributed by atoms with Crippen LogP contribution in [0.4, 0.5) is 0 Å². The fourth-order valence-corrected chi connectivity index (χ4v) is 2.82. The number of carbonyl (C=O) groups is 2. The highest BCUT2D eigenvalue weighted by Crippen LogP contribution is 2.34. The summed E-state index contributed by atoms with van der Waals surface area (Å²) in [6.07, 6.45) is 0.491. The summed E-state index contributed by atoms with van der Waals surface area (Å²) >= 11 is 5.88. The number of rotatable bonds is 3. The van der Waals surface area contributed by atoms with Crippen LogP contribution >= 0.6 is 11.6 Å². The van der Waals surface area contributed by atoms with Crippen LogP contribution in [0.15, 0.2) is 24.3 Å². The van der Waals surface area contributed by atoms with E-state index in [1.54, 1.807) is 24.0 Å². The molecule has 0 aliphatic carbocycles. The second-order valence-corrected chi connectivity index (χ2v) is 6.91. The number of amides is 1. The minimum Gasteiger partial charge on any atom is -0.481 e. The molecule has 1 unspecified atom stereocenters. The van der Waals surface area contributed by atoms with Crippen LogP contribution in [0.3, 0.4) is 0 Å². The molecule has 0 spiro atoms. The zero-order chi connectivity index (χ0) is 15.8. The van der Waals surface area contributed by atoms with E-state index in [4.69, 9.17) is 11.6 Å². The Balaban J connectivity index is 2.20. The normalized spacial score (nSPS) is 22.4. The van der Waals surface area contributed by atoms with Gasteiger partial charge in [-0.05, 0) is 44.9 Å². The Kier molecular flexibility index (Phi) is 4.02. The Morgan fingerprint density at radius 3 is 2.33 bits per heavy atom. The zero-order valence-electron chi connectivity index (χ0n) is 12.5. The molecule has 114 valence electrons. The lowest BCUT2D eigenvalue weighted by Gasteiger charge is -2.30. The molecule has 1 aliphatic rings. The third-order valence-electron chi connectivity index (χ3n) is 4.38. The molecular weight excluding hydrogens is 290 g/mol. The van der Waals surface area contributed by atoms with Crippen molar-refractivity contribution in [1.82, 2.24) is 4.90 Å². The van der Waals surface area contributed by atoms with Crippen LogP contribution in [0.25, 0.3) is 0 Å². The molecule has 1 N–H and O–H groups in total. The SMILES string of the molecule is CC1(C(=O)O)CCN(C(=O)C(C)(C)c2ccc(Cl)cc2)C1. The number of likely N-dealkylation sites (tertiary alicyclic amines) is 1. The van der Waals surface area contributed by atoms with E-state index < -0.39 is 16.8 Å². The zero-order valence-corrected chi connectivity index (χ0v) is 13.3.